The fraction of sp³-hybridized carbons (Fsp3) is 0.136. The minimum atomic E-state index is -0.338. The molecule has 0 aliphatic carbocycles. The highest BCUT2D eigenvalue weighted by molar-refractivity contribution is 9.10. The predicted molar refractivity (Wildman–Crippen MR) is 118 cm³/mol. The number of nitrogens with one attached hydrogen (secondary N) is 3. The first kappa shape index (κ1) is 21.3. The number of anilines is 1. The van der Waals surface area contributed by atoms with Crippen LogP contribution in [-0.2, 0) is 4.74 Å². The SMILES string of the molecule is CCCOc1ccc(Br)cc1C(=O)Nc1cccc(C(=N)OC(=N)c2ccco2)c1. The number of carbonyl (C=O) groups excluding carboxylic acids is 1. The van der Waals surface area contributed by atoms with E-state index in [-0.39, 0.29) is 23.5 Å². The number of rotatable bonds is 7. The fourth-order valence-electron chi connectivity index (χ4n) is 2.57. The Hall–Kier alpha value is -3.39. The molecule has 0 aliphatic heterocycles. The van der Waals surface area contributed by atoms with E-state index in [0.717, 1.165) is 10.9 Å². The molecule has 1 amide bonds. The Balaban J connectivity index is 1.73. The smallest absolute Gasteiger partial charge is 0.259 e. The maximum absolute atomic E-state index is 12.8. The Morgan fingerprint density at radius 3 is 2.67 bits per heavy atom. The average molecular weight is 470 g/mol. The standard InChI is InChI=1S/C22H20BrN3O4/c1-2-10-28-18-9-8-15(23)13-17(18)22(27)26-16-6-3-5-14(12-16)20(24)30-21(25)19-7-4-11-29-19/h3-9,11-13,24-25H,2,10H2,1H3,(H,26,27). The highest BCUT2D eigenvalue weighted by atomic mass is 79.9. The van der Waals surface area contributed by atoms with Gasteiger partial charge in [-0.1, -0.05) is 28.9 Å². The van der Waals surface area contributed by atoms with E-state index in [4.69, 9.17) is 24.7 Å². The summed E-state index contributed by atoms with van der Waals surface area (Å²) in [7, 11) is 0. The van der Waals surface area contributed by atoms with Crippen molar-refractivity contribution in [1.29, 1.82) is 10.8 Å². The fourth-order valence-corrected chi connectivity index (χ4v) is 2.93. The molecule has 8 heteroatoms. The van der Waals surface area contributed by atoms with Crippen molar-refractivity contribution in [2.75, 3.05) is 11.9 Å². The van der Waals surface area contributed by atoms with Gasteiger partial charge in [-0.25, -0.2) is 0 Å². The van der Waals surface area contributed by atoms with Gasteiger partial charge < -0.3 is 19.2 Å². The summed E-state index contributed by atoms with van der Waals surface area (Å²) < 4.78 is 16.8. The molecule has 3 N–H and O–H groups in total. The third kappa shape index (κ3) is 5.36. The van der Waals surface area contributed by atoms with Crippen molar-refractivity contribution < 1.29 is 18.7 Å². The van der Waals surface area contributed by atoms with E-state index >= 15 is 0 Å². The van der Waals surface area contributed by atoms with Crippen LogP contribution in [0.3, 0.4) is 0 Å². The van der Waals surface area contributed by atoms with E-state index in [0.29, 0.717) is 29.2 Å². The Bertz CT molecular complexity index is 1060. The molecule has 1 aromatic heterocycles. The number of amides is 1. The quantitative estimate of drug-likeness (QED) is 0.315. The first-order valence-electron chi connectivity index (χ1n) is 9.21. The number of halogens is 1. The lowest BCUT2D eigenvalue weighted by Crippen LogP contribution is -2.15. The lowest BCUT2D eigenvalue weighted by molar-refractivity contribution is 0.102. The van der Waals surface area contributed by atoms with Gasteiger partial charge in [0.15, 0.2) is 5.76 Å². The highest BCUT2D eigenvalue weighted by Crippen LogP contribution is 2.25. The Kier molecular flexibility index (Phi) is 7.03. The normalized spacial score (nSPS) is 10.3. The molecule has 2 aromatic carbocycles. The molecule has 0 aliphatic rings. The Morgan fingerprint density at radius 2 is 1.93 bits per heavy atom. The van der Waals surface area contributed by atoms with E-state index in [1.165, 1.54) is 6.26 Å². The summed E-state index contributed by atoms with van der Waals surface area (Å²) >= 11 is 3.38. The first-order chi connectivity index (χ1) is 14.5. The molecule has 0 fully saturated rings. The van der Waals surface area contributed by atoms with Crippen LogP contribution < -0.4 is 10.1 Å². The van der Waals surface area contributed by atoms with Gasteiger partial charge in [-0.2, -0.15) is 0 Å². The summed E-state index contributed by atoms with van der Waals surface area (Å²) in [4.78, 5) is 12.8. The Labute approximate surface area is 182 Å². The van der Waals surface area contributed by atoms with Crippen molar-refractivity contribution in [3.05, 3.63) is 82.2 Å². The van der Waals surface area contributed by atoms with E-state index in [1.807, 2.05) is 13.0 Å². The zero-order valence-corrected chi connectivity index (χ0v) is 17.8. The number of furan rings is 1. The van der Waals surface area contributed by atoms with E-state index in [2.05, 4.69) is 21.2 Å². The summed E-state index contributed by atoms with van der Waals surface area (Å²) in [6, 6.07) is 15.1. The molecule has 30 heavy (non-hydrogen) atoms. The van der Waals surface area contributed by atoms with Gasteiger partial charge in [0.2, 0.25) is 5.90 Å². The van der Waals surface area contributed by atoms with Gasteiger partial charge >= 0.3 is 0 Å². The van der Waals surface area contributed by atoms with Crippen molar-refractivity contribution in [2.24, 2.45) is 0 Å². The second-order valence-electron chi connectivity index (χ2n) is 6.26. The molecular weight excluding hydrogens is 450 g/mol. The molecule has 0 bridgehead atoms. The van der Waals surface area contributed by atoms with Crippen LogP contribution in [0, 0.1) is 10.8 Å². The van der Waals surface area contributed by atoms with Gasteiger partial charge in [-0.05, 0) is 55.0 Å². The van der Waals surface area contributed by atoms with Crippen LogP contribution in [0.4, 0.5) is 5.69 Å². The number of hydrogen-bond donors (Lipinski definition) is 3. The first-order valence-corrected chi connectivity index (χ1v) is 10.00. The van der Waals surface area contributed by atoms with E-state index in [9.17, 15) is 4.79 Å². The summed E-state index contributed by atoms with van der Waals surface area (Å²) in [6.45, 7) is 2.50. The molecule has 0 radical (unpaired) electrons. The van der Waals surface area contributed by atoms with Crippen LogP contribution in [0.25, 0.3) is 0 Å². The molecule has 0 spiro atoms. The summed E-state index contributed by atoms with van der Waals surface area (Å²) in [5.41, 5.74) is 1.28. The van der Waals surface area contributed by atoms with Crippen molar-refractivity contribution >= 4 is 39.3 Å². The van der Waals surface area contributed by atoms with Crippen LogP contribution in [0.2, 0.25) is 0 Å². The van der Waals surface area contributed by atoms with E-state index < -0.39 is 0 Å². The zero-order valence-electron chi connectivity index (χ0n) is 16.2. The number of ether oxygens (including phenoxy) is 2. The minimum absolute atomic E-state index is 0.221. The molecule has 0 saturated heterocycles. The lowest BCUT2D eigenvalue weighted by Gasteiger charge is -2.13. The third-order valence-electron chi connectivity index (χ3n) is 3.98. The largest absolute Gasteiger partial charge is 0.493 e. The maximum Gasteiger partial charge on any atom is 0.259 e. The number of benzene rings is 2. The molecule has 3 aromatic rings. The average Bonchev–Trinajstić information content (AvgIpc) is 3.28. The van der Waals surface area contributed by atoms with Gasteiger partial charge in [0.1, 0.15) is 5.75 Å². The van der Waals surface area contributed by atoms with Gasteiger partial charge in [-0.15, -0.1) is 0 Å². The van der Waals surface area contributed by atoms with Crippen LogP contribution in [-0.4, -0.2) is 24.3 Å². The van der Waals surface area contributed by atoms with Crippen LogP contribution in [0.1, 0.15) is 35.0 Å². The third-order valence-corrected chi connectivity index (χ3v) is 4.47. The van der Waals surface area contributed by atoms with Gasteiger partial charge in [-0.3, -0.25) is 15.6 Å². The maximum atomic E-state index is 12.8. The monoisotopic (exact) mass is 469 g/mol. The van der Waals surface area contributed by atoms with Crippen LogP contribution in [0.5, 0.6) is 5.75 Å². The molecule has 3 rings (SSSR count). The van der Waals surface area contributed by atoms with Gasteiger partial charge in [0.05, 0.1) is 18.4 Å². The van der Waals surface area contributed by atoms with Crippen LogP contribution >= 0.6 is 15.9 Å². The van der Waals surface area contributed by atoms with Gasteiger partial charge in [0.25, 0.3) is 11.8 Å². The predicted octanol–water partition coefficient (Wildman–Crippen LogP) is 5.45. The second kappa shape index (κ2) is 9.89. The number of hydrogen-bond acceptors (Lipinski definition) is 6. The molecule has 1 heterocycles. The molecule has 0 atom stereocenters. The molecule has 154 valence electrons. The molecule has 7 nitrogen and oxygen atoms in total. The van der Waals surface area contributed by atoms with E-state index in [1.54, 1.807) is 48.5 Å². The number of carbonyl (C=O) groups is 1. The van der Waals surface area contributed by atoms with Crippen molar-refractivity contribution in [3.63, 3.8) is 0 Å². The van der Waals surface area contributed by atoms with Gasteiger partial charge in [0, 0.05) is 15.7 Å². The van der Waals surface area contributed by atoms with Crippen molar-refractivity contribution in [1.82, 2.24) is 0 Å². The topological polar surface area (TPSA) is 108 Å². The molecule has 0 saturated carbocycles. The zero-order chi connectivity index (χ0) is 21.5. The molecule has 0 unspecified atom stereocenters. The minimum Gasteiger partial charge on any atom is -0.493 e. The van der Waals surface area contributed by atoms with Crippen molar-refractivity contribution in [2.45, 2.75) is 13.3 Å². The van der Waals surface area contributed by atoms with Crippen LogP contribution in [0.15, 0.2) is 69.8 Å². The second-order valence-corrected chi connectivity index (χ2v) is 7.18. The highest BCUT2D eigenvalue weighted by Gasteiger charge is 2.15. The Morgan fingerprint density at radius 1 is 1.10 bits per heavy atom. The summed E-state index contributed by atoms with van der Waals surface area (Å²) in [6.07, 6.45) is 2.25. The van der Waals surface area contributed by atoms with Crippen molar-refractivity contribution in [3.8, 4) is 5.75 Å². The lowest BCUT2D eigenvalue weighted by atomic mass is 10.1. The summed E-state index contributed by atoms with van der Waals surface area (Å²) in [5.74, 6) is -0.126. The summed E-state index contributed by atoms with van der Waals surface area (Å²) in [5, 5.41) is 18.8. The molecular formula is C22H20BrN3O4.